The fraction of sp³-hybridized carbons (Fsp3) is 0.350. The lowest BCUT2D eigenvalue weighted by atomic mass is 10.1. The van der Waals surface area contributed by atoms with Gasteiger partial charge in [-0.15, -0.1) is 0 Å². The lowest BCUT2D eigenvalue weighted by molar-refractivity contribution is -0.128. The predicted octanol–water partition coefficient (Wildman–Crippen LogP) is 2.54. The summed E-state index contributed by atoms with van der Waals surface area (Å²) in [5.41, 5.74) is 4.11. The van der Waals surface area contributed by atoms with Crippen molar-refractivity contribution >= 4 is 5.91 Å². The Bertz CT molecular complexity index is 673. The Labute approximate surface area is 137 Å². The molecule has 2 aromatic rings. The van der Waals surface area contributed by atoms with Crippen LogP contribution in [0.4, 0.5) is 0 Å². The van der Waals surface area contributed by atoms with Gasteiger partial charge in [-0.3, -0.25) is 4.79 Å². The first kappa shape index (κ1) is 14.5. The van der Waals surface area contributed by atoms with Gasteiger partial charge in [0.15, 0.2) is 0 Å². The van der Waals surface area contributed by atoms with Crippen molar-refractivity contribution in [2.24, 2.45) is 0 Å². The van der Waals surface area contributed by atoms with Crippen molar-refractivity contribution in [3.63, 3.8) is 0 Å². The highest BCUT2D eigenvalue weighted by atomic mass is 16.2. The smallest absolute Gasteiger partial charge is 0.224 e. The number of benzene rings is 2. The molecule has 1 N–H and O–H groups in total. The van der Waals surface area contributed by atoms with Gasteiger partial charge >= 0.3 is 0 Å². The Morgan fingerprint density at radius 1 is 0.870 bits per heavy atom. The van der Waals surface area contributed by atoms with E-state index in [4.69, 9.17) is 0 Å². The number of fused-ring (bicyclic) bond motifs is 1. The van der Waals surface area contributed by atoms with Crippen molar-refractivity contribution in [3.8, 4) is 0 Å². The standard InChI is InChI=1S/C20H22N2O/c23-20-12-19(14-22(20)13-15-6-2-1-3-7-15)21-18-10-16-8-4-5-9-17(16)11-18/h1-9,18-19,21H,10-14H2. The highest BCUT2D eigenvalue weighted by molar-refractivity contribution is 5.79. The Hall–Kier alpha value is -2.13. The molecule has 3 heteroatoms. The zero-order valence-corrected chi connectivity index (χ0v) is 13.2. The molecule has 0 saturated carbocycles. The van der Waals surface area contributed by atoms with Crippen LogP contribution in [0.15, 0.2) is 54.6 Å². The van der Waals surface area contributed by atoms with Gasteiger partial charge < -0.3 is 10.2 Å². The van der Waals surface area contributed by atoms with Crippen LogP contribution in [0.1, 0.15) is 23.1 Å². The van der Waals surface area contributed by atoms with E-state index in [9.17, 15) is 4.79 Å². The van der Waals surface area contributed by atoms with Crippen molar-refractivity contribution in [2.75, 3.05) is 6.54 Å². The Morgan fingerprint density at radius 2 is 1.52 bits per heavy atom. The maximum absolute atomic E-state index is 12.3. The van der Waals surface area contributed by atoms with E-state index in [-0.39, 0.29) is 11.9 Å². The first-order valence-corrected chi connectivity index (χ1v) is 8.42. The summed E-state index contributed by atoms with van der Waals surface area (Å²) in [7, 11) is 0. The number of nitrogens with zero attached hydrogens (tertiary/aromatic N) is 1. The molecule has 0 aromatic heterocycles. The normalized spacial score (nSPS) is 21.0. The Morgan fingerprint density at radius 3 is 2.22 bits per heavy atom. The summed E-state index contributed by atoms with van der Waals surface area (Å²) >= 11 is 0. The van der Waals surface area contributed by atoms with E-state index in [2.05, 4.69) is 41.7 Å². The van der Waals surface area contributed by atoms with Crippen LogP contribution in [0.3, 0.4) is 0 Å². The second-order valence-corrected chi connectivity index (χ2v) is 6.70. The summed E-state index contributed by atoms with van der Waals surface area (Å²) in [6.45, 7) is 1.54. The van der Waals surface area contributed by atoms with Crippen LogP contribution in [0, 0.1) is 0 Å². The van der Waals surface area contributed by atoms with Crippen LogP contribution in [0.25, 0.3) is 0 Å². The molecule has 0 bridgehead atoms. The van der Waals surface area contributed by atoms with E-state index >= 15 is 0 Å². The molecule has 1 fully saturated rings. The lowest BCUT2D eigenvalue weighted by Crippen LogP contribution is -2.40. The first-order chi connectivity index (χ1) is 11.3. The quantitative estimate of drug-likeness (QED) is 0.941. The maximum atomic E-state index is 12.3. The third kappa shape index (κ3) is 3.15. The summed E-state index contributed by atoms with van der Waals surface area (Å²) < 4.78 is 0. The number of hydrogen-bond acceptors (Lipinski definition) is 2. The predicted molar refractivity (Wildman–Crippen MR) is 91.0 cm³/mol. The molecule has 23 heavy (non-hydrogen) atoms. The zero-order valence-electron chi connectivity index (χ0n) is 13.2. The average molecular weight is 306 g/mol. The monoisotopic (exact) mass is 306 g/mol. The maximum Gasteiger partial charge on any atom is 0.224 e. The molecule has 0 radical (unpaired) electrons. The minimum Gasteiger partial charge on any atom is -0.337 e. The third-order valence-electron chi connectivity index (χ3n) is 4.95. The van der Waals surface area contributed by atoms with Crippen molar-refractivity contribution in [1.82, 2.24) is 10.2 Å². The summed E-state index contributed by atoms with van der Waals surface area (Å²) in [6, 6.07) is 19.7. The summed E-state index contributed by atoms with van der Waals surface area (Å²) in [5.74, 6) is 0.266. The molecule has 1 heterocycles. The van der Waals surface area contributed by atoms with Crippen molar-refractivity contribution in [3.05, 3.63) is 71.3 Å². The number of hydrogen-bond donors (Lipinski definition) is 1. The number of carbonyl (C=O) groups excluding carboxylic acids is 1. The molecule has 0 spiro atoms. The number of likely N-dealkylation sites (tertiary alicyclic amines) is 1. The van der Waals surface area contributed by atoms with Crippen LogP contribution in [-0.4, -0.2) is 29.4 Å². The topological polar surface area (TPSA) is 32.3 Å². The van der Waals surface area contributed by atoms with E-state index in [0.717, 1.165) is 25.9 Å². The van der Waals surface area contributed by atoms with E-state index in [1.54, 1.807) is 0 Å². The van der Waals surface area contributed by atoms with Gasteiger partial charge in [0.05, 0.1) is 0 Å². The molecular weight excluding hydrogens is 284 g/mol. The average Bonchev–Trinajstić information content (AvgIpc) is 3.11. The molecule has 118 valence electrons. The number of amides is 1. The van der Waals surface area contributed by atoms with Gasteiger partial charge in [-0.1, -0.05) is 54.6 Å². The molecule has 1 atom stereocenters. The van der Waals surface area contributed by atoms with Gasteiger partial charge in [0.1, 0.15) is 0 Å². The molecular formula is C20H22N2O. The lowest BCUT2D eigenvalue weighted by Gasteiger charge is -2.20. The van der Waals surface area contributed by atoms with Gasteiger partial charge in [0.25, 0.3) is 0 Å². The van der Waals surface area contributed by atoms with E-state index in [1.807, 2.05) is 23.1 Å². The van der Waals surface area contributed by atoms with Gasteiger partial charge in [-0.05, 0) is 29.5 Å². The molecule has 1 unspecified atom stereocenters. The highest BCUT2D eigenvalue weighted by Gasteiger charge is 2.32. The van der Waals surface area contributed by atoms with Gasteiger partial charge in [-0.2, -0.15) is 0 Å². The zero-order chi connectivity index (χ0) is 15.6. The number of carbonyl (C=O) groups is 1. The van der Waals surface area contributed by atoms with Crippen molar-refractivity contribution < 1.29 is 4.79 Å². The van der Waals surface area contributed by atoms with Gasteiger partial charge in [0, 0.05) is 31.6 Å². The molecule has 1 aliphatic carbocycles. The minimum absolute atomic E-state index is 0.266. The molecule has 1 amide bonds. The first-order valence-electron chi connectivity index (χ1n) is 8.42. The van der Waals surface area contributed by atoms with E-state index in [1.165, 1.54) is 16.7 Å². The summed E-state index contributed by atoms with van der Waals surface area (Å²) in [5, 5.41) is 3.71. The van der Waals surface area contributed by atoms with Crippen molar-refractivity contribution in [2.45, 2.75) is 37.9 Å². The minimum atomic E-state index is 0.266. The van der Waals surface area contributed by atoms with E-state index in [0.29, 0.717) is 12.5 Å². The molecule has 4 rings (SSSR count). The van der Waals surface area contributed by atoms with Crippen LogP contribution in [0.2, 0.25) is 0 Å². The Kier molecular flexibility index (Phi) is 3.88. The van der Waals surface area contributed by atoms with Crippen LogP contribution in [-0.2, 0) is 24.2 Å². The largest absolute Gasteiger partial charge is 0.337 e. The molecule has 1 aliphatic heterocycles. The van der Waals surface area contributed by atoms with Crippen LogP contribution >= 0.6 is 0 Å². The SMILES string of the molecule is O=C1CC(NC2Cc3ccccc3C2)CN1Cc1ccccc1. The number of rotatable bonds is 4. The second kappa shape index (κ2) is 6.17. The molecule has 2 aliphatic rings. The van der Waals surface area contributed by atoms with Crippen LogP contribution < -0.4 is 5.32 Å². The summed E-state index contributed by atoms with van der Waals surface area (Å²) in [4.78, 5) is 14.2. The fourth-order valence-corrected chi connectivity index (χ4v) is 3.85. The second-order valence-electron chi connectivity index (χ2n) is 6.70. The van der Waals surface area contributed by atoms with Gasteiger partial charge in [-0.25, -0.2) is 0 Å². The number of nitrogens with one attached hydrogen (secondary N) is 1. The molecule has 2 aromatic carbocycles. The van der Waals surface area contributed by atoms with Gasteiger partial charge in [0.2, 0.25) is 5.91 Å². The summed E-state index contributed by atoms with van der Waals surface area (Å²) in [6.07, 6.45) is 2.79. The van der Waals surface area contributed by atoms with E-state index < -0.39 is 0 Å². The molecule has 1 saturated heterocycles. The highest BCUT2D eigenvalue weighted by Crippen LogP contribution is 2.23. The Balaban J connectivity index is 1.34. The third-order valence-corrected chi connectivity index (χ3v) is 4.95. The fourth-order valence-electron chi connectivity index (χ4n) is 3.85. The van der Waals surface area contributed by atoms with Crippen LogP contribution in [0.5, 0.6) is 0 Å². The van der Waals surface area contributed by atoms with Crippen molar-refractivity contribution in [1.29, 1.82) is 0 Å². The molecule has 3 nitrogen and oxygen atoms in total.